The minimum Gasteiger partial charge on any atom is -0.452 e. The predicted molar refractivity (Wildman–Crippen MR) is 110 cm³/mol. The molecule has 0 radical (unpaired) electrons. The third kappa shape index (κ3) is 3.87. The molecule has 0 spiro atoms. The molecule has 0 heterocycles. The van der Waals surface area contributed by atoms with E-state index >= 15 is 0 Å². The summed E-state index contributed by atoms with van der Waals surface area (Å²) in [6.45, 7) is 0. The molecule has 0 aromatic heterocycles. The third-order valence-corrected chi connectivity index (χ3v) is 7.80. The second kappa shape index (κ2) is 8.04. The van der Waals surface area contributed by atoms with Crippen LogP contribution in [0.3, 0.4) is 0 Å². The van der Waals surface area contributed by atoms with Gasteiger partial charge in [-0.25, -0.2) is 0 Å². The van der Waals surface area contributed by atoms with E-state index in [2.05, 4.69) is 63.7 Å². The van der Waals surface area contributed by atoms with Crippen molar-refractivity contribution in [1.29, 1.82) is 0 Å². The second-order valence-electron chi connectivity index (χ2n) is 4.74. The highest BCUT2D eigenvalue weighted by molar-refractivity contribution is 9.15. The number of ether oxygens (including phenoxy) is 2. The lowest BCUT2D eigenvalue weighted by atomic mass is 10.3. The summed E-state index contributed by atoms with van der Waals surface area (Å²) in [6.07, 6.45) is 0. The van der Waals surface area contributed by atoms with Crippen LogP contribution in [-0.2, 0) is 0 Å². The molecule has 0 amide bonds. The molecule has 3 aromatic rings. The molecule has 0 saturated carbocycles. The summed E-state index contributed by atoms with van der Waals surface area (Å²) in [7, 11) is 0. The van der Waals surface area contributed by atoms with E-state index in [0.29, 0.717) is 11.5 Å². The van der Waals surface area contributed by atoms with Crippen molar-refractivity contribution in [3.8, 4) is 23.0 Å². The Morgan fingerprint density at radius 1 is 0.458 bits per heavy atom. The maximum atomic E-state index is 6.08. The quantitative estimate of drug-likeness (QED) is 0.229. The summed E-state index contributed by atoms with van der Waals surface area (Å²) in [5, 5.41) is 0. The van der Waals surface area contributed by atoms with Gasteiger partial charge in [0.1, 0.15) is 11.5 Å². The average Bonchev–Trinajstić information content (AvgIpc) is 2.63. The Hall–Kier alpha value is -0.820. The van der Waals surface area contributed by atoms with Crippen molar-refractivity contribution >= 4 is 63.7 Å². The Bertz CT molecular complexity index is 780. The number of para-hydroxylation sites is 2. The van der Waals surface area contributed by atoms with Crippen molar-refractivity contribution in [3.05, 3.63) is 78.6 Å². The number of hydrogen-bond donors (Lipinski definition) is 0. The van der Waals surface area contributed by atoms with E-state index in [0.717, 1.165) is 29.4 Å². The maximum Gasteiger partial charge on any atom is 0.186 e. The first-order valence-electron chi connectivity index (χ1n) is 6.89. The van der Waals surface area contributed by atoms with Gasteiger partial charge in [0.15, 0.2) is 11.5 Å². The van der Waals surface area contributed by atoms with Crippen molar-refractivity contribution in [2.24, 2.45) is 0 Å². The summed E-state index contributed by atoms with van der Waals surface area (Å²) >= 11 is 14.3. The highest BCUT2D eigenvalue weighted by atomic mass is 79.9. The van der Waals surface area contributed by atoms with Gasteiger partial charge in [0, 0.05) is 0 Å². The molecule has 0 aliphatic carbocycles. The van der Waals surface area contributed by atoms with Crippen molar-refractivity contribution in [2.45, 2.75) is 0 Å². The molecule has 3 aromatic carbocycles. The van der Waals surface area contributed by atoms with Crippen LogP contribution >= 0.6 is 63.7 Å². The van der Waals surface area contributed by atoms with E-state index in [1.807, 2.05) is 60.7 Å². The molecular weight excluding hydrogens is 568 g/mol. The van der Waals surface area contributed by atoms with Crippen LogP contribution in [0.5, 0.6) is 23.0 Å². The largest absolute Gasteiger partial charge is 0.452 e. The third-order valence-electron chi connectivity index (χ3n) is 3.11. The second-order valence-corrected chi connectivity index (χ2v) is 7.92. The Balaban J connectivity index is 2.11. The molecule has 0 unspecified atom stereocenters. The van der Waals surface area contributed by atoms with Crippen LogP contribution in [0.15, 0.2) is 78.6 Å². The first-order valence-corrected chi connectivity index (χ1v) is 10.1. The van der Waals surface area contributed by atoms with Gasteiger partial charge in [-0.15, -0.1) is 0 Å². The molecule has 0 fully saturated rings. The first-order chi connectivity index (χ1) is 11.6. The maximum absolute atomic E-state index is 6.08. The fourth-order valence-electron chi connectivity index (χ4n) is 1.99. The van der Waals surface area contributed by atoms with Gasteiger partial charge in [-0.3, -0.25) is 0 Å². The molecule has 24 heavy (non-hydrogen) atoms. The SMILES string of the molecule is Brc1c(Br)c(Br)c(Oc2ccccc2)c(Oc2ccccc2)c1Br. The molecule has 0 N–H and O–H groups in total. The minimum atomic E-state index is 0.576. The zero-order chi connectivity index (χ0) is 17.1. The first kappa shape index (κ1) is 18.0. The molecule has 3 rings (SSSR count). The summed E-state index contributed by atoms with van der Waals surface area (Å²) in [5.41, 5.74) is 0. The van der Waals surface area contributed by atoms with Gasteiger partial charge >= 0.3 is 0 Å². The van der Waals surface area contributed by atoms with Gasteiger partial charge < -0.3 is 9.47 Å². The van der Waals surface area contributed by atoms with Gasteiger partial charge in [-0.1, -0.05) is 36.4 Å². The van der Waals surface area contributed by atoms with E-state index in [9.17, 15) is 0 Å². The summed E-state index contributed by atoms with van der Waals surface area (Å²) in [6, 6.07) is 19.1. The Labute approximate surface area is 173 Å². The Morgan fingerprint density at radius 2 is 0.792 bits per heavy atom. The topological polar surface area (TPSA) is 18.5 Å². The lowest BCUT2D eigenvalue weighted by molar-refractivity contribution is 0.414. The smallest absolute Gasteiger partial charge is 0.186 e. The van der Waals surface area contributed by atoms with Crippen molar-refractivity contribution in [2.75, 3.05) is 0 Å². The van der Waals surface area contributed by atoms with Crippen LogP contribution in [0.25, 0.3) is 0 Å². The van der Waals surface area contributed by atoms with Gasteiger partial charge in [-0.2, -0.15) is 0 Å². The fraction of sp³-hybridized carbons (Fsp3) is 0. The van der Waals surface area contributed by atoms with Crippen molar-refractivity contribution in [3.63, 3.8) is 0 Å². The van der Waals surface area contributed by atoms with E-state index in [1.165, 1.54) is 0 Å². The van der Waals surface area contributed by atoms with Gasteiger partial charge in [0.2, 0.25) is 0 Å². The van der Waals surface area contributed by atoms with Crippen molar-refractivity contribution < 1.29 is 9.47 Å². The number of rotatable bonds is 4. The Kier molecular flexibility index (Phi) is 6.02. The van der Waals surface area contributed by atoms with E-state index in [4.69, 9.17) is 9.47 Å². The molecule has 0 aliphatic heterocycles. The molecule has 0 bridgehead atoms. The van der Waals surface area contributed by atoms with Crippen LogP contribution in [0.4, 0.5) is 0 Å². The van der Waals surface area contributed by atoms with E-state index in [1.54, 1.807) is 0 Å². The van der Waals surface area contributed by atoms with Crippen LogP contribution < -0.4 is 9.47 Å². The predicted octanol–water partition coefficient (Wildman–Crippen LogP) is 8.32. The summed E-state index contributed by atoms with van der Waals surface area (Å²) in [5.74, 6) is 2.59. The van der Waals surface area contributed by atoms with Crippen LogP contribution in [0.2, 0.25) is 0 Å². The average molecular weight is 578 g/mol. The lowest BCUT2D eigenvalue weighted by Crippen LogP contribution is -1.95. The van der Waals surface area contributed by atoms with Crippen LogP contribution in [0.1, 0.15) is 0 Å². The molecule has 6 heteroatoms. The lowest BCUT2D eigenvalue weighted by Gasteiger charge is -2.18. The van der Waals surface area contributed by atoms with Crippen molar-refractivity contribution in [1.82, 2.24) is 0 Å². The monoisotopic (exact) mass is 574 g/mol. The number of hydrogen-bond acceptors (Lipinski definition) is 2. The molecule has 0 aliphatic rings. The van der Waals surface area contributed by atoms with E-state index in [-0.39, 0.29) is 0 Å². The minimum absolute atomic E-state index is 0.576. The normalized spacial score (nSPS) is 10.5. The number of halogens is 4. The van der Waals surface area contributed by atoms with Gasteiger partial charge in [0.25, 0.3) is 0 Å². The highest BCUT2D eigenvalue weighted by Crippen LogP contribution is 2.52. The van der Waals surface area contributed by atoms with Gasteiger partial charge in [0.05, 0.1) is 17.9 Å². The molecule has 122 valence electrons. The summed E-state index contributed by atoms with van der Waals surface area (Å²) in [4.78, 5) is 0. The molecular formula is C18H10Br4O2. The molecule has 0 atom stereocenters. The molecule has 2 nitrogen and oxygen atoms in total. The zero-order valence-electron chi connectivity index (χ0n) is 12.1. The Morgan fingerprint density at radius 3 is 1.12 bits per heavy atom. The number of benzene rings is 3. The van der Waals surface area contributed by atoms with Crippen LogP contribution in [0, 0.1) is 0 Å². The zero-order valence-corrected chi connectivity index (χ0v) is 18.4. The van der Waals surface area contributed by atoms with Crippen LogP contribution in [-0.4, -0.2) is 0 Å². The van der Waals surface area contributed by atoms with E-state index < -0.39 is 0 Å². The fourth-order valence-corrected chi connectivity index (χ4v) is 4.19. The molecule has 0 saturated heterocycles. The standard InChI is InChI=1S/C18H10Br4O2/c19-13-14(20)16(22)18(24-12-9-5-2-6-10-12)17(15(13)21)23-11-7-3-1-4-8-11/h1-10H. The summed E-state index contributed by atoms with van der Waals surface area (Å²) < 4.78 is 15.3. The van der Waals surface area contributed by atoms with Gasteiger partial charge in [-0.05, 0) is 88.0 Å². The highest BCUT2D eigenvalue weighted by Gasteiger charge is 2.23.